The van der Waals surface area contributed by atoms with Gasteiger partial charge in [-0.2, -0.15) is 0 Å². The molecule has 0 amide bonds. The van der Waals surface area contributed by atoms with Crippen molar-refractivity contribution < 1.29 is 13.2 Å². The predicted molar refractivity (Wildman–Crippen MR) is 115 cm³/mol. The topological polar surface area (TPSA) is 66.5 Å². The lowest BCUT2D eigenvalue weighted by atomic mass is 9.74. The molecule has 5 nitrogen and oxygen atoms in total. The van der Waals surface area contributed by atoms with Gasteiger partial charge < -0.3 is 5.32 Å². The van der Waals surface area contributed by atoms with Crippen LogP contribution in [0.4, 0.5) is 0 Å². The van der Waals surface area contributed by atoms with Gasteiger partial charge >= 0.3 is 0 Å². The number of sulfonamides is 1. The van der Waals surface area contributed by atoms with Gasteiger partial charge in [0.05, 0.1) is 6.04 Å². The summed E-state index contributed by atoms with van der Waals surface area (Å²) in [5.41, 5.74) is 2.57. The molecular formula is C22H23BrN2O3S. The zero-order valence-electron chi connectivity index (χ0n) is 15.9. The van der Waals surface area contributed by atoms with Gasteiger partial charge in [0, 0.05) is 34.8 Å². The third-order valence-corrected chi connectivity index (χ3v) is 9.14. The zero-order valence-corrected chi connectivity index (χ0v) is 18.3. The molecule has 152 valence electrons. The molecule has 7 heteroatoms. The number of hydrogen-bond donors (Lipinski definition) is 1. The Hall–Kier alpha value is -1.70. The highest BCUT2D eigenvalue weighted by molar-refractivity contribution is 9.10. The van der Waals surface area contributed by atoms with E-state index in [4.69, 9.17) is 0 Å². The van der Waals surface area contributed by atoms with Gasteiger partial charge in [0.15, 0.2) is 11.0 Å². The Bertz CT molecular complexity index is 1040. The number of rotatable bonds is 3. The number of fused-ring (bicyclic) bond motifs is 2. The van der Waals surface area contributed by atoms with Gasteiger partial charge in [-0.25, -0.2) is 12.7 Å². The van der Waals surface area contributed by atoms with Gasteiger partial charge in [-0.15, -0.1) is 0 Å². The molecule has 0 radical (unpaired) electrons. The van der Waals surface area contributed by atoms with Crippen LogP contribution >= 0.6 is 15.9 Å². The third-order valence-electron chi connectivity index (χ3n) is 6.51. The highest BCUT2D eigenvalue weighted by Crippen LogP contribution is 2.46. The fourth-order valence-corrected chi connectivity index (χ4v) is 7.08. The van der Waals surface area contributed by atoms with Crippen molar-refractivity contribution >= 4 is 31.7 Å². The first-order chi connectivity index (χ1) is 14.0. The minimum Gasteiger partial charge on any atom is -0.378 e. The molecule has 2 heterocycles. The van der Waals surface area contributed by atoms with Crippen molar-refractivity contribution in [3.05, 3.63) is 69.9 Å². The van der Waals surface area contributed by atoms with E-state index >= 15 is 0 Å². The molecule has 0 aromatic heterocycles. The second kappa shape index (κ2) is 7.22. The number of carbonyl (C=O) groups is 1. The Morgan fingerprint density at radius 1 is 1.07 bits per heavy atom. The maximum atomic E-state index is 13.4. The second-order valence-electron chi connectivity index (χ2n) is 8.15. The Labute approximate surface area is 179 Å². The molecule has 1 aromatic rings. The lowest BCUT2D eigenvalue weighted by Gasteiger charge is -2.40. The number of nitrogens with one attached hydrogen (secondary N) is 1. The van der Waals surface area contributed by atoms with Crippen molar-refractivity contribution in [3.8, 4) is 0 Å². The van der Waals surface area contributed by atoms with E-state index in [0.717, 1.165) is 29.4 Å². The fourth-order valence-electron chi connectivity index (χ4n) is 5.05. The standard InChI is InChI=1S/C22H23BrN2O3S/c23-15-8-6-14(7-9-15)21-17-5-3-4-16(17)20-18(24-21)10-11-19(22(20)26)29(27,28)25-12-1-2-13-25/h3-4,6-11,16-17,19,21,24H,1-2,5,12-13H2/t16-,17+,19?,21+/m1/s1. The largest absolute Gasteiger partial charge is 0.378 e. The van der Waals surface area contributed by atoms with Crippen LogP contribution in [0, 0.1) is 11.8 Å². The van der Waals surface area contributed by atoms with E-state index in [-0.39, 0.29) is 23.7 Å². The number of Topliss-reactive ketones (excluding diaryl/α,β-unsaturated/α-hetero) is 1. The first kappa shape index (κ1) is 19.3. The third kappa shape index (κ3) is 3.14. The van der Waals surface area contributed by atoms with Crippen LogP contribution in [0.1, 0.15) is 30.9 Å². The first-order valence-corrected chi connectivity index (χ1v) is 12.4. The van der Waals surface area contributed by atoms with Crippen LogP contribution in [0.2, 0.25) is 0 Å². The van der Waals surface area contributed by atoms with E-state index < -0.39 is 15.3 Å². The summed E-state index contributed by atoms with van der Waals surface area (Å²) in [6.07, 6.45) is 10.2. The maximum Gasteiger partial charge on any atom is 0.228 e. The van der Waals surface area contributed by atoms with Crippen molar-refractivity contribution in [1.29, 1.82) is 0 Å². The molecule has 0 bridgehead atoms. The Balaban J connectivity index is 1.50. The van der Waals surface area contributed by atoms with E-state index in [9.17, 15) is 13.2 Å². The molecule has 2 aliphatic carbocycles. The average molecular weight is 475 g/mol. The van der Waals surface area contributed by atoms with Crippen molar-refractivity contribution in [2.24, 2.45) is 11.8 Å². The number of halogens is 1. The molecule has 0 saturated carbocycles. The second-order valence-corrected chi connectivity index (χ2v) is 11.1. The molecule has 1 aromatic carbocycles. The summed E-state index contributed by atoms with van der Waals surface area (Å²) in [5.74, 6) is -0.105. The van der Waals surface area contributed by atoms with Crippen LogP contribution in [0.25, 0.3) is 0 Å². The van der Waals surface area contributed by atoms with Crippen molar-refractivity contribution in [1.82, 2.24) is 9.62 Å². The average Bonchev–Trinajstić information content (AvgIpc) is 3.40. The lowest BCUT2D eigenvalue weighted by molar-refractivity contribution is -0.115. The normalized spacial score (nSPS) is 31.7. The summed E-state index contributed by atoms with van der Waals surface area (Å²) >= 11 is 3.48. The van der Waals surface area contributed by atoms with Crippen LogP contribution in [-0.4, -0.2) is 36.8 Å². The van der Waals surface area contributed by atoms with Crippen LogP contribution in [-0.2, 0) is 14.8 Å². The fraction of sp³-hybridized carbons (Fsp3) is 0.409. The highest BCUT2D eigenvalue weighted by Gasteiger charge is 2.47. The number of ketones is 1. The van der Waals surface area contributed by atoms with Crippen molar-refractivity contribution in [2.45, 2.75) is 30.6 Å². The van der Waals surface area contributed by atoms with Gasteiger partial charge in [-0.05, 0) is 49.0 Å². The number of nitrogens with zero attached hydrogens (tertiary/aromatic N) is 1. The van der Waals surface area contributed by atoms with Gasteiger partial charge in [0.2, 0.25) is 10.0 Å². The summed E-state index contributed by atoms with van der Waals surface area (Å²) in [6.45, 7) is 1.03. The predicted octanol–water partition coefficient (Wildman–Crippen LogP) is 3.47. The van der Waals surface area contributed by atoms with E-state index in [1.54, 1.807) is 6.08 Å². The van der Waals surface area contributed by atoms with Crippen molar-refractivity contribution in [3.63, 3.8) is 0 Å². The molecule has 2 aliphatic heterocycles. The summed E-state index contributed by atoms with van der Waals surface area (Å²) in [7, 11) is -3.65. The number of benzene rings is 1. The molecule has 4 atom stereocenters. The Morgan fingerprint density at radius 3 is 2.52 bits per heavy atom. The first-order valence-electron chi connectivity index (χ1n) is 10.1. The number of allylic oxidation sites excluding steroid dienone is 4. The molecule has 1 unspecified atom stereocenters. The minimum absolute atomic E-state index is 0.0476. The van der Waals surface area contributed by atoms with Gasteiger partial charge in [0.1, 0.15) is 0 Å². The minimum atomic E-state index is -3.65. The van der Waals surface area contributed by atoms with E-state index in [0.29, 0.717) is 18.7 Å². The summed E-state index contributed by atoms with van der Waals surface area (Å²) in [4.78, 5) is 13.4. The SMILES string of the molecule is O=C1C2=C(C=CC1S(=O)(=O)N1CCCC1)N[C@@H](c1ccc(Br)cc1)[C@H]1CC=C[C@@H]21. The summed E-state index contributed by atoms with van der Waals surface area (Å²) in [5, 5.41) is 2.45. The van der Waals surface area contributed by atoms with E-state index in [2.05, 4.69) is 45.5 Å². The van der Waals surface area contributed by atoms with Crippen molar-refractivity contribution in [2.75, 3.05) is 13.1 Å². The van der Waals surface area contributed by atoms with Crippen LogP contribution < -0.4 is 5.32 Å². The molecule has 0 spiro atoms. The monoisotopic (exact) mass is 474 g/mol. The van der Waals surface area contributed by atoms with E-state index in [1.807, 2.05) is 18.2 Å². The summed E-state index contributed by atoms with van der Waals surface area (Å²) < 4.78 is 28.7. The van der Waals surface area contributed by atoms with Crippen LogP contribution in [0.5, 0.6) is 0 Å². The summed E-state index contributed by atoms with van der Waals surface area (Å²) in [6, 6.07) is 8.33. The molecule has 29 heavy (non-hydrogen) atoms. The smallest absolute Gasteiger partial charge is 0.228 e. The van der Waals surface area contributed by atoms with Crippen LogP contribution in [0.15, 0.2) is 64.3 Å². The van der Waals surface area contributed by atoms with Gasteiger partial charge in [-0.1, -0.05) is 46.3 Å². The molecule has 1 saturated heterocycles. The molecule has 4 aliphatic rings. The lowest BCUT2D eigenvalue weighted by Crippen LogP contribution is -2.47. The number of carbonyl (C=O) groups excluding carboxylic acids is 1. The molecule has 5 rings (SSSR count). The quantitative estimate of drug-likeness (QED) is 0.680. The van der Waals surface area contributed by atoms with Gasteiger partial charge in [-0.3, -0.25) is 4.79 Å². The van der Waals surface area contributed by atoms with Gasteiger partial charge in [0.25, 0.3) is 0 Å². The van der Waals surface area contributed by atoms with E-state index in [1.165, 1.54) is 9.87 Å². The number of hydrogen-bond acceptors (Lipinski definition) is 4. The molecule has 1 N–H and O–H groups in total. The Morgan fingerprint density at radius 2 is 1.79 bits per heavy atom. The Kier molecular flexibility index (Phi) is 4.80. The van der Waals surface area contributed by atoms with Crippen LogP contribution in [0.3, 0.4) is 0 Å². The zero-order chi connectivity index (χ0) is 20.2. The highest BCUT2D eigenvalue weighted by atomic mass is 79.9. The maximum absolute atomic E-state index is 13.4. The molecular weight excluding hydrogens is 452 g/mol. The molecule has 1 fully saturated rings.